The maximum atomic E-state index is 4.59. The molecule has 0 amide bonds. The highest BCUT2D eigenvalue weighted by atomic mass is 32.1. The van der Waals surface area contributed by atoms with E-state index < -0.39 is 0 Å². The zero-order valence-electron chi connectivity index (χ0n) is 15.2. The van der Waals surface area contributed by atoms with E-state index in [4.69, 9.17) is 0 Å². The summed E-state index contributed by atoms with van der Waals surface area (Å²) in [5.74, 6) is 0.704. The largest absolute Gasteiger partial charge is 0.312 e. The van der Waals surface area contributed by atoms with Gasteiger partial charge in [0.25, 0.3) is 0 Å². The van der Waals surface area contributed by atoms with Crippen LogP contribution in [0.25, 0.3) is 0 Å². The van der Waals surface area contributed by atoms with E-state index in [1.54, 1.807) is 0 Å². The van der Waals surface area contributed by atoms with Crippen LogP contribution in [0.3, 0.4) is 0 Å². The molecule has 1 unspecified atom stereocenters. The molecule has 0 bridgehead atoms. The Labute approximate surface area is 153 Å². The van der Waals surface area contributed by atoms with Gasteiger partial charge in [-0.1, -0.05) is 44.5 Å². The molecule has 0 radical (unpaired) electrons. The normalized spacial score (nSPS) is 27.0. The first-order valence-corrected chi connectivity index (χ1v) is 10.1. The van der Waals surface area contributed by atoms with Gasteiger partial charge in [-0.2, -0.15) is 12.6 Å². The van der Waals surface area contributed by atoms with Crippen LogP contribution in [0.15, 0.2) is 24.3 Å². The molecule has 2 heterocycles. The third-order valence-electron chi connectivity index (χ3n) is 5.82. The number of rotatable bonds is 7. The Kier molecular flexibility index (Phi) is 6.62. The van der Waals surface area contributed by atoms with Crippen LogP contribution in [0.5, 0.6) is 0 Å². The molecule has 3 rings (SSSR count). The quantitative estimate of drug-likeness (QED) is 0.662. The molecule has 1 aromatic carbocycles. The zero-order valence-corrected chi connectivity index (χ0v) is 16.1. The first kappa shape index (κ1) is 18.2. The van der Waals surface area contributed by atoms with Crippen LogP contribution in [0, 0.1) is 5.92 Å². The van der Waals surface area contributed by atoms with E-state index in [-0.39, 0.29) is 0 Å². The van der Waals surface area contributed by atoms with Crippen LogP contribution in [0.1, 0.15) is 37.8 Å². The average molecular weight is 348 g/mol. The Hall–Kier alpha value is -0.550. The number of nitrogens with one attached hydrogen (secondary N) is 2. The van der Waals surface area contributed by atoms with E-state index in [1.165, 1.54) is 36.9 Å². The molecule has 0 aromatic heterocycles. The van der Waals surface area contributed by atoms with Crippen molar-refractivity contribution >= 4 is 12.6 Å². The second-order valence-electron chi connectivity index (χ2n) is 7.65. The smallest absolute Gasteiger partial charge is 0.0237 e. The summed E-state index contributed by atoms with van der Waals surface area (Å²) < 4.78 is 0. The Balaban J connectivity index is 1.54. The van der Waals surface area contributed by atoms with Crippen LogP contribution in [-0.4, -0.2) is 48.4 Å². The summed E-state index contributed by atoms with van der Waals surface area (Å²) in [6.07, 6.45) is 3.60. The van der Waals surface area contributed by atoms with E-state index in [0.717, 1.165) is 26.2 Å². The molecule has 2 aliphatic rings. The van der Waals surface area contributed by atoms with Gasteiger partial charge in [0.1, 0.15) is 0 Å². The van der Waals surface area contributed by atoms with Gasteiger partial charge in [-0.25, -0.2) is 0 Å². The molecule has 24 heavy (non-hydrogen) atoms. The summed E-state index contributed by atoms with van der Waals surface area (Å²) in [6.45, 7) is 10.3. The van der Waals surface area contributed by atoms with Crippen molar-refractivity contribution in [2.45, 2.75) is 57.0 Å². The predicted molar refractivity (Wildman–Crippen MR) is 106 cm³/mol. The molecular weight excluding hydrogens is 314 g/mol. The van der Waals surface area contributed by atoms with Gasteiger partial charge in [-0.15, -0.1) is 0 Å². The Morgan fingerprint density at radius 3 is 2.83 bits per heavy atom. The number of fused-ring (bicyclic) bond motifs is 1. The number of nitrogens with zero attached hydrogens (tertiary/aromatic N) is 1. The molecule has 2 N–H and O–H groups in total. The van der Waals surface area contributed by atoms with Crippen molar-refractivity contribution in [3.63, 3.8) is 0 Å². The van der Waals surface area contributed by atoms with Gasteiger partial charge in [0, 0.05) is 50.1 Å². The average Bonchev–Trinajstić information content (AvgIpc) is 3.03. The monoisotopic (exact) mass is 347 g/mol. The summed E-state index contributed by atoms with van der Waals surface area (Å²) in [4.78, 5) is 2.63. The number of hydrogen-bond donors (Lipinski definition) is 3. The standard InChI is InChI=1S/C20H33N3S/c1-3-15(2)20(22-11-18-10-19(24)12-21-18)14-23-9-8-16-6-4-5-7-17(16)13-23/h4-7,15,18-22,24H,3,8-14H2,1-2H3/t15-,18?,19+,20+/m0/s1. The van der Waals surface area contributed by atoms with Crippen molar-refractivity contribution in [2.75, 3.05) is 26.2 Å². The lowest BCUT2D eigenvalue weighted by Crippen LogP contribution is -2.49. The maximum absolute atomic E-state index is 4.59. The zero-order chi connectivity index (χ0) is 16.9. The van der Waals surface area contributed by atoms with Crippen LogP contribution in [0.4, 0.5) is 0 Å². The van der Waals surface area contributed by atoms with E-state index in [9.17, 15) is 0 Å². The summed E-state index contributed by atoms with van der Waals surface area (Å²) in [7, 11) is 0. The number of benzene rings is 1. The first-order valence-electron chi connectivity index (χ1n) is 9.59. The van der Waals surface area contributed by atoms with E-state index in [0.29, 0.717) is 23.3 Å². The van der Waals surface area contributed by atoms with Crippen molar-refractivity contribution in [3.8, 4) is 0 Å². The molecule has 1 fully saturated rings. The molecule has 4 atom stereocenters. The lowest BCUT2D eigenvalue weighted by atomic mass is 9.95. The molecule has 134 valence electrons. The van der Waals surface area contributed by atoms with Gasteiger partial charge >= 0.3 is 0 Å². The van der Waals surface area contributed by atoms with Crippen molar-refractivity contribution in [3.05, 3.63) is 35.4 Å². The SMILES string of the molecule is CC[C@H](C)[C@@H](CN1CCc2ccccc2C1)NCC1C[C@@H](S)CN1. The lowest BCUT2D eigenvalue weighted by molar-refractivity contribution is 0.194. The van der Waals surface area contributed by atoms with Crippen molar-refractivity contribution in [2.24, 2.45) is 5.92 Å². The summed E-state index contributed by atoms with van der Waals surface area (Å²) in [6, 6.07) is 10.1. The summed E-state index contributed by atoms with van der Waals surface area (Å²) in [5.41, 5.74) is 3.05. The fourth-order valence-electron chi connectivity index (χ4n) is 3.97. The highest BCUT2D eigenvalue weighted by molar-refractivity contribution is 7.81. The second-order valence-corrected chi connectivity index (χ2v) is 8.38. The third kappa shape index (κ3) is 4.75. The summed E-state index contributed by atoms with van der Waals surface area (Å²) >= 11 is 4.59. The van der Waals surface area contributed by atoms with Gasteiger partial charge in [0.05, 0.1) is 0 Å². The fraction of sp³-hybridized carbons (Fsp3) is 0.700. The molecule has 1 saturated heterocycles. The number of thiol groups is 1. The highest BCUT2D eigenvalue weighted by Crippen LogP contribution is 2.20. The molecule has 0 aliphatic carbocycles. The highest BCUT2D eigenvalue weighted by Gasteiger charge is 2.25. The Morgan fingerprint density at radius 2 is 2.12 bits per heavy atom. The number of hydrogen-bond acceptors (Lipinski definition) is 4. The van der Waals surface area contributed by atoms with Crippen LogP contribution < -0.4 is 10.6 Å². The minimum atomic E-state index is 0.525. The maximum Gasteiger partial charge on any atom is 0.0237 e. The summed E-state index contributed by atoms with van der Waals surface area (Å²) in [5, 5.41) is 7.97. The van der Waals surface area contributed by atoms with Crippen molar-refractivity contribution in [1.29, 1.82) is 0 Å². The minimum Gasteiger partial charge on any atom is -0.312 e. The Morgan fingerprint density at radius 1 is 1.33 bits per heavy atom. The second kappa shape index (κ2) is 8.70. The first-order chi connectivity index (χ1) is 11.7. The minimum absolute atomic E-state index is 0.525. The van der Waals surface area contributed by atoms with Crippen LogP contribution >= 0.6 is 12.6 Å². The molecule has 4 heteroatoms. The molecule has 3 nitrogen and oxygen atoms in total. The van der Waals surface area contributed by atoms with Gasteiger partial charge < -0.3 is 10.6 Å². The predicted octanol–water partition coefficient (Wildman–Crippen LogP) is 2.71. The topological polar surface area (TPSA) is 27.3 Å². The van der Waals surface area contributed by atoms with Crippen LogP contribution in [-0.2, 0) is 13.0 Å². The van der Waals surface area contributed by atoms with E-state index >= 15 is 0 Å². The van der Waals surface area contributed by atoms with Gasteiger partial charge in [0.2, 0.25) is 0 Å². The lowest BCUT2D eigenvalue weighted by Gasteiger charge is -2.35. The third-order valence-corrected chi connectivity index (χ3v) is 6.21. The fourth-order valence-corrected chi connectivity index (χ4v) is 4.33. The van der Waals surface area contributed by atoms with E-state index in [2.05, 4.69) is 66.3 Å². The molecule has 1 aromatic rings. The molecule has 0 spiro atoms. The van der Waals surface area contributed by atoms with Crippen molar-refractivity contribution in [1.82, 2.24) is 15.5 Å². The van der Waals surface area contributed by atoms with Crippen molar-refractivity contribution < 1.29 is 0 Å². The van der Waals surface area contributed by atoms with Gasteiger partial charge in [-0.3, -0.25) is 4.90 Å². The van der Waals surface area contributed by atoms with E-state index in [1.807, 2.05) is 0 Å². The molecule has 0 saturated carbocycles. The molecule has 2 aliphatic heterocycles. The van der Waals surface area contributed by atoms with Gasteiger partial charge in [-0.05, 0) is 29.9 Å². The molecular formula is C20H33N3S. The Bertz CT molecular complexity index is 521. The van der Waals surface area contributed by atoms with Crippen LogP contribution in [0.2, 0.25) is 0 Å². The van der Waals surface area contributed by atoms with Gasteiger partial charge in [0.15, 0.2) is 0 Å².